The van der Waals surface area contributed by atoms with Crippen molar-refractivity contribution in [1.82, 2.24) is 0 Å². The first-order chi connectivity index (χ1) is 17.5. The van der Waals surface area contributed by atoms with Crippen LogP contribution >= 0.6 is 11.6 Å². The van der Waals surface area contributed by atoms with Gasteiger partial charge in [0.1, 0.15) is 0 Å². The Morgan fingerprint density at radius 3 is 2.53 bits per heavy atom. The van der Waals surface area contributed by atoms with Crippen molar-refractivity contribution in [2.45, 2.75) is 26.2 Å². The quantitative estimate of drug-likeness (QED) is 0.171. The second-order valence-electron chi connectivity index (χ2n) is 7.57. The molecule has 2 aromatic carbocycles. The number of halogens is 1. The van der Waals surface area contributed by atoms with Crippen molar-refractivity contribution >= 4 is 35.7 Å². The Balaban J connectivity index is 0.00000145. The maximum absolute atomic E-state index is 11.5. The number of esters is 1. The van der Waals surface area contributed by atoms with Crippen molar-refractivity contribution in [2.24, 2.45) is 0 Å². The van der Waals surface area contributed by atoms with Crippen molar-refractivity contribution in [3.8, 4) is 11.5 Å². The average Bonchev–Trinajstić information content (AvgIpc) is 3.11. The number of methoxy groups -OCH3 is 1. The minimum absolute atomic E-state index is 0.250. The molecule has 6 nitrogen and oxygen atoms in total. The van der Waals surface area contributed by atoms with Crippen molar-refractivity contribution in [1.29, 1.82) is 0 Å². The van der Waals surface area contributed by atoms with E-state index >= 15 is 0 Å². The number of carboxylic acid groups (broad SMARTS) is 1. The SMILES string of the molecule is CCOC(=O)/C=C/c1ccc(OCCCc2ccc(C3=CCC=C(Cl)C=C3)cc2)c(OC)c1.O=CO. The fraction of sp³-hybridized carbons (Fsp3) is 0.241. The molecular formula is C29H31ClO6. The number of aryl methyl sites for hydroxylation is 1. The predicted molar refractivity (Wildman–Crippen MR) is 143 cm³/mol. The van der Waals surface area contributed by atoms with Gasteiger partial charge in [0.25, 0.3) is 6.47 Å². The number of hydrogen-bond acceptors (Lipinski definition) is 5. The molecule has 36 heavy (non-hydrogen) atoms. The molecule has 2 aromatic rings. The lowest BCUT2D eigenvalue weighted by Gasteiger charge is -2.11. The molecule has 1 aliphatic carbocycles. The van der Waals surface area contributed by atoms with Crippen molar-refractivity contribution < 1.29 is 28.9 Å². The first-order valence-corrected chi connectivity index (χ1v) is 11.9. The van der Waals surface area contributed by atoms with Crippen molar-refractivity contribution in [3.05, 3.63) is 94.6 Å². The summed E-state index contributed by atoms with van der Waals surface area (Å²) in [6, 6.07) is 14.2. The smallest absolute Gasteiger partial charge is 0.330 e. The summed E-state index contributed by atoms with van der Waals surface area (Å²) in [5.41, 5.74) is 4.48. The molecule has 0 heterocycles. The second kappa shape index (κ2) is 16.0. The maximum Gasteiger partial charge on any atom is 0.330 e. The van der Waals surface area contributed by atoms with E-state index in [-0.39, 0.29) is 12.4 Å². The number of carbonyl (C=O) groups is 2. The van der Waals surface area contributed by atoms with Gasteiger partial charge in [0.2, 0.25) is 0 Å². The van der Waals surface area contributed by atoms with Crippen LogP contribution in [0.3, 0.4) is 0 Å². The zero-order chi connectivity index (χ0) is 26.2. The summed E-state index contributed by atoms with van der Waals surface area (Å²) in [4.78, 5) is 19.8. The minimum Gasteiger partial charge on any atom is -0.493 e. The average molecular weight is 511 g/mol. The summed E-state index contributed by atoms with van der Waals surface area (Å²) in [7, 11) is 1.60. The number of rotatable bonds is 10. The third kappa shape index (κ3) is 9.84. The van der Waals surface area contributed by atoms with Gasteiger partial charge < -0.3 is 19.3 Å². The van der Waals surface area contributed by atoms with Gasteiger partial charge in [0, 0.05) is 11.1 Å². The van der Waals surface area contributed by atoms with Crippen LogP contribution in [0, 0.1) is 0 Å². The third-order valence-electron chi connectivity index (χ3n) is 5.11. The lowest BCUT2D eigenvalue weighted by Crippen LogP contribution is -2.01. The van der Waals surface area contributed by atoms with Crippen LogP contribution in [0.2, 0.25) is 0 Å². The van der Waals surface area contributed by atoms with E-state index < -0.39 is 0 Å². The summed E-state index contributed by atoms with van der Waals surface area (Å²) in [5.74, 6) is 0.943. The number of hydrogen-bond donors (Lipinski definition) is 1. The highest BCUT2D eigenvalue weighted by Gasteiger charge is 2.06. The van der Waals surface area contributed by atoms with Crippen LogP contribution in [0.1, 0.15) is 36.5 Å². The van der Waals surface area contributed by atoms with Gasteiger partial charge in [-0.2, -0.15) is 0 Å². The lowest BCUT2D eigenvalue weighted by molar-refractivity contribution is -0.137. The molecule has 0 radical (unpaired) electrons. The highest BCUT2D eigenvalue weighted by atomic mass is 35.5. The van der Waals surface area contributed by atoms with E-state index in [0.29, 0.717) is 24.7 Å². The van der Waals surface area contributed by atoms with E-state index in [1.165, 1.54) is 22.8 Å². The Labute approximate surface area is 217 Å². The second-order valence-corrected chi connectivity index (χ2v) is 8.00. The molecule has 0 amide bonds. The van der Waals surface area contributed by atoms with Crippen LogP contribution in [0.25, 0.3) is 11.6 Å². The molecule has 7 heteroatoms. The van der Waals surface area contributed by atoms with Gasteiger partial charge in [-0.05, 0) is 72.7 Å². The summed E-state index contributed by atoms with van der Waals surface area (Å²) < 4.78 is 16.3. The van der Waals surface area contributed by atoms with Crippen LogP contribution in [0.4, 0.5) is 0 Å². The van der Waals surface area contributed by atoms with Gasteiger partial charge in [0.05, 0.1) is 20.3 Å². The largest absolute Gasteiger partial charge is 0.493 e. The Hall–Kier alpha value is -3.77. The summed E-state index contributed by atoms with van der Waals surface area (Å²) >= 11 is 6.08. The van der Waals surface area contributed by atoms with Gasteiger partial charge in [0.15, 0.2) is 11.5 Å². The monoisotopic (exact) mass is 510 g/mol. The van der Waals surface area contributed by atoms with E-state index in [9.17, 15) is 4.79 Å². The van der Waals surface area contributed by atoms with E-state index in [4.69, 9.17) is 35.7 Å². The van der Waals surface area contributed by atoms with E-state index in [1.54, 1.807) is 20.1 Å². The van der Waals surface area contributed by atoms with Crippen LogP contribution in [0.15, 0.2) is 77.9 Å². The Morgan fingerprint density at radius 1 is 1.08 bits per heavy atom. The van der Waals surface area contributed by atoms with Crippen molar-refractivity contribution in [2.75, 3.05) is 20.3 Å². The summed E-state index contributed by atoms with van der Waals surface area (Å²) in [6.07, 6.45) is 13.9. The lowest BCUT2D eigenvalue weighted by atomic mass is 10.0. The van der Waals surface area contributed by atoms with E-state index in [2.05, 4.69) is 36.4 Å². The minimum atomic E-state index is -0.367. The molecule has 1 aliphatic rings. The molecule has 0 saturated heterocycles. The van der Waals surface area contributed by atoms with Crippen LogP contribution < -0.4 is 9.47 Å². The molecule has 0 saturated carbocycles. The Morgan fingerprint density at radius 2 is 1.83 bits per heavy atom. The Kier molecular flexibility index (Phi) is 12.7. The molecule has 0 aliphatic heterocycles. The maximum atomic E-state index is 11.5. The normalized spacial score (nSPS) is 12.5. The molecule has 0 spiro atoms. The summed E-state index contributed by atoms with van der Waals surface area (Å²) in [6.45, 7) is 2.46. The number of ether oxygens (including phenoxy) is 3. The first-order valence-electron chi connectivity index (χ1n) is 11.6. The highest BCUT2D eigenvalue weighted by molar-refractivity contribution is 6.31. The van der Waals surface area contributed by atoms with Gasteiger partial charge in [-0.25, -0.2) is 4.79 Å². The molecular weight excluding hydrogens is 480 g/mol. The molecule has 190 valence electrons. The van der Waals surface area contributed by atoms with E-state index in [0.717, 1.165) is 29.9 Å². The van der Waals surface area contributed by atoms with Gasteiger partial charge in [-0.15, -0.1) is 0 Å². The van der Waals surface area contributed by atoms with Crippen molar-refractivity contribution in [3.63, 3.8) is 0 Å². The van der Waals surface area contributed by atoms with Gasteiger partial charge >= 0.3 is 5.97 Å². The number of allylic oxidation sites excluding steroid dienone is 6. The summed E-state index contributed by atoms with van der Waals surface area (Å²) in [5, 5.41) is 7.66. The molecule has 3 rings (SSSR count). The third-order valence-corrected chi connectivity index (χ3v) is 5.39. The van der Waals surface area contributed by atoms with Crippen LogP contribution in [-0.2, 0) is 20.7 Å². The molecule has 0 fully saturated rings. The Bertz CT molecular complexity index is 1110. The standard InChI is InChI=1S/C28H29ClO4.CH2O2/c1-3-32-28(30)18-12-22-11-17-26(27(20-22)31-2)33-19-5-6-21-9-13-24(14-10-21)23-7-4-8-25(29)16-15-23;2-1-3/h7-18,20H,3-6,19H2,1-2H3;1H,(H,2,3)/b18-12+;. The van der Waals surface area contributed by atoms with Gasteiger partial charge in [-0.3, -0.25) is 4.79 Å². The van der Waals surface area contributed by atoms with Crippen LogP contribution in [-0.4, -0.2) is 37.9 Å². The van der Waals surface area contributed by atoms with Gasteiger partial charge in [-0.1, -0.05) is 60.2 Å². The molecule has 0 unspecified atom stereocenters. The topological polar surface area (TPSA) is 82.1 Å². The zero-order valence-electron chi connectivity index (χ0n) is 20.5. The highest BCUT2D eigenvalue weighted by Crippen LogP contribution is 2.29. The fourth-order valence-corrected chi connectivity index (χ4v) is 3.55. The molecule has 0 atom stereocenters. The predicted octanol–water partition coefficient (Wildman–Crippen LogP) is 6.45. The number of carbonyl (C=O) groups excluding carboxylic acids is 1. The van der Waals surface area contributed by atoms with E-state index in [1.807, 2.05) is 30.4 Å². The number of benzene rings is 2. The van der Waals surface area contributed by atoms with Crippen LogP contribution in [0.5, 0.6) is 11.5 Å². The first kappa shape index (κ1) is 28.5. The molecule has 1 N–H and O–H groups in total. The fourth-order valence-electron chi connectivity index (χ4n) is 3.40. The zero-order valence-corrected chi connectivity index (χ0v) is 21.2. The molecule has 0 aromatic heterocycles. The molecule has 0 bridgehead atoms.